The van der Waals surface area contributed by atoms with Crippen molar-refractivity contribution in [2.75, 3.05) is 25.4 Å². The highest BCUT2D eigenvalue weighted by Gasteiger charge is 2.13. The van der Waals surface area contributed by atoms with Gasteiger partial charge in [-0.2, -0.15) is 0 Å². The van der Waals surface area contributed by atoms with Gasteiger partial charge in [-0.1, -0.05) is 47.8 Å². The van der Waals surface area contributed by atoms with Crippen molar-refractivity contribution in [1.29, 1.82) is 0 Å². The molecular weight excluding hydrogens is 457 g/mol. The monoisotopic (exact) mass is 483 g/mol. The number of nitro groups is 1. The second-order valence-corrected chi connectivity index (χ2v) is 8.10. The highest BCUT2D eigenvalue weighted by molar-refractivity contribution is 6.38. The number of unbranched alkanes of at least 4 members (excludes halogenated alkanes) is 2. The minimum absolute atomic E-state index is 0.0313. The van der Waals surface area contributed by atoms with E-state index in [0.717, 1.165) is 12.8 Å². The zero-order valence-electron chi connectivity index (χ0n) is 17.6. The Morgan fingerprint density at radius 3 is 2.56 bits per heavy atom. The SMILES string of the molecule is Nc1c(Cl)cc(C(O)CNCCCCCC(=O)OCCc2ccccc2[N+](=O)[O-])cc1Cl. The molecule has 0 aromatic heterocycles. The van der Waals surface area contributed by atoms with Gasteiger partial charge < -0.3 is 20.9 Å². The van der Waals surface area contributed by atoms with Crippen molar-refractivity contribution in [3.8, 4) is 0 Å². The van der Waals surface area contributed by atoms with E-state index >= 15 is 0 Å². The van der Waals surface area contributed by atoms with Gasteiger partial charge in [-0.15, -0.1) is 0 Å². The predicted octanol–water partition coefficient (Wildman–Crippen LogP) is 4.45. The Balaban J connectivity index is 1.55. The van der Waals surface area contributed by atoms with Gasteiger partial charge in [0.25, 0.3) is 5.69 Å². The van der Waals surface area contributed by atoms with Gasteiger partial charge in [0, 0.05) is 31.0 Å². The number of esters is 1. The van der Waals surface area contributed by atoms with Gasteiger partial charge in [-0.3, -0.25) is 14.9 Å². The molecule has 4 N–H and O–H groups in total. The highest BCUT2D eigenvalue weighted by atomic mass is 35.5. The second kappa shape index (κ2) is 13.2. The van der Waals surface area contributed by atoms with Crippen LogP contribution < -0.4 is 11.1 Å². The maximum Gasteiger partial charge on any atom is 0.305 e. The number of anilines is 1. The second-order valence-electron chi connectivity index (χ2n) is 7.29. The Bertz CT molecular complexity index is 903. The van der Waals surface area contributed by atoms with E-state index in [1.807, 2.05) is 0 Å². The number of nitro benzene ring substituents is 1. The third-order valence-corrected chi connectivity index (χ3v) is 5.51. The molecule has 0 aliphatic carbocycles. The van der Waals surface area contributed by atoms with Crippen molar-refractivity contribution in [3.05, 3.63) is 67.7 Å². The van der Waals surface area contributed by atoms with E-state index in [1.54, 1.807) is 30.3 Å². The van der Waals surface area contributed by atoms with Crippen LogP contribution >= 0.6 is 23.2 Å². The summed E-state index contributed by atoms with van der Waals surface area (Å²) in [6, 6.07) is 9.60. The minimum atomic E-state index is -0.763. The molecule has 2 aromatic carbocycles. The molecule has 174 valence electrons. The van der Waals surface area contributed by atoms with Crippen molar-refractivity contribution in [2.45, 2.75) is 38.2 Å². The maximum absolute atomic E-state index is 11.8. The van der Waals surface area contributed by atoms with Gasteiger partial charge in [0.05, 0.1) is 33.4 Å². The number of carbonyl (C=O) groups is 1. The molecule has 0 bridgehead atoms. The number of hydrogen-bond donors (Lipinski definition) is 3. The van der Waals surface area contributed by atoms with Crippen molar-refractivity contribution in [2.24, 2.45) is 0 Å². The number of carbonyl (C=O) groups excluding carboxylic acids is 1. The van der Waals surface area contributed by atoms with Crippen LogP contribution in [0, 0.1) is 10.1 Å². The van der Waals surface area contributed by atoms with E-state index in [9.17, 15) is 20.0 Å². The molecule has 2 aromatic rings. The van der Waals surface area contributed by atoms with Crippen LogP contribution in [0.25, 0.3) is 0 Å². The van der Waals surface area contributed by atoms with Crippen LogP contribution in [0.2, 0.25) is 10.0 Å². The summed E-state index contributed by atoms with van der Waals surface area (Å²) in [4.78, 5) is 22.4. The van der Waals surface area contributed by atoms with E-state index < -0.39 is 11.0 Å². The van der Waals surface area contributed by atoms with E-state index in [0.29, 0.717) is 53.5 Å². The van der Waals surface area contributed by atoms with Gasteiger partial charge in [0.2, 0.25) is 0 Å². The van der Waals surface area contributed by atoms with Crippen molar-refractivity contribution >= 4 is 40.5 Å². The molecule has 1 atom stereocenters. The van der Waals surface area contributed by atoms with E-state index in [4.69, 9.17) is 33.7 Å². The number of nitrogens with zero attached hydrogens (tertiary/aromatic N) is 1. The summed E-state index contributed by atoms with van der Waals surface area (Å²) in [5.74, 6) is -0.316. The molecule has 0 fully saturated rings. The Morgan fingerprint density at radius 1 is 1.19 bits per heavy atom. The molecule has 8 nitrogen and oxygen atoms in total. The summed E-state index contributed by atoms with van der Waals surface area (Å²) in [5, 5.41) is 25.0. The third kappa shape index (κ3) is 8.27. The van der Waals surface area contributed by atoms with Crippen LogP contribution in [0.1, 0.15) is 42.9 Å². The molecule has 0 amide bonds. The summed E-state index contributed by atoms with van der Waals surface area (Å²) >= 11 is 12.0. The topological polar surface area (TPSA) is 128 Å². The van der Waals surface area contributed by atoms with Crippen molar-refractivity contribution < 1.29 is 19.6 Å². The number of nitrogens with one attached hydrogen (secondary N) is 1. The lowest BCUT2D eigenvalue weighted by atomic mass is 10.1. The zero-order valence-corrected chi connectivity index (χ0v) is 19.1. The molecule has 1 unspecified atom stereocenters. The first-order chi connectivity index (χ1) is 15.3. The Morgan fingerprint density at radius 2 is 1.88 bits per heavy atom. The summed E-state index contributed by atoms with van der Waals surface area (Å²) in [7, 11) is 0. The molecule has 0 saturated carbocycles. The first-order valence-electron chi connectivity index (χ1n) is 10.3. The largest absolute Gasteiger partial charge is 0.465 e. The van der Waals surface area contributed by atoms with Gasteiger partial charge >= 0.3 is 5.97 Å². The van der Waals surface area contributed by atoms with Crippen molar-refractivity contribution in [1.82, 2.24) is 5.32 Å². The number of aliphatic hydroxyl groups is 1. The Hall–Kier alpha value is -2.39. The van der Waals surface area contributed by atoms with E-state index in [1.165, 1.54) is 6.07 Å². The minimum Gasteiger partial charge on any atom is -0.465 e. The molecule has 32 heavy (non-hydrogen) atoms. The number of halogens is 2. The number of para-hydroxylation sites is 1. The number of nitrogen functional groups attached to an aromatic ring is 1. The third-order valence-electron chi connectivity index (χ3n) is 4.88. The number of hydrogen-bond acceptors (Lipinski definition) is 7. The summed E-state index contributed by atoms with van der Waals surface area (Å²) in [5.41, 5.74) is 7.14. The van der Waals surface area contributed by atoms with Gasteiger partial charge in [0.15, 0.2) is 0 Å². The van der Waals surface area contributed by atoms with Crippen LogP contribution in [0.4, 0.5) is 11.4 Å². The van der Waals surface area contributed by atoms with Crippen LogP contribution in [0.3, 0.4) is 0 Å². The van der Waals surface area contributed by atoms with Gasteiger partial charge in [-0.05, 0) is 37.1 Å². The lowest BCUT2D eigenvalue weighted by Gasteiger charge is -2.14. The number of benzene rings is 2. The fourth-order valence-electron chi connectivity index (χ4n) is 3.10. The normalized spacial score (nSPS) is 11.8. The summed E-state index contributed by atoms with van der Waals surface area (Å²) in [6.45, 7) is 1.13. The molecule has 0 heterocycles. The Labute approximate surface area is 196 Å². The number of nitrogens with two attached hydrogens (primary N) is 1. The average Bonchev–Trinajstić information content (AvgIpc) is 2.76. The average molecular weight is 484 g/mol. The molecule has 0 saturated heterocycles. The molecule has 0 aliphatic heterocycles. The molecule has 10 heteroatoms. The zero-order chi connectivity index (χ0) is 23.5. The molecule has 2 rings (SSSR count). The summed E-state index contributed by atoms with van der Waals surface area (Å²) in [6.07, 6.45) is 2.17. The maximum atomic E-state index is 11.8. The van der Waals surface area contributed by atoms with Crippen molar-refractivity contribution in [3.63, 3.8) is 0 Å². The number of rotatable bonds is 13. The Kier molecular flexibility index (Phi) is 10.7. The van der Waals surface area contributed by atoms with Gasteiger partial charge in [0.1, 0.15) is 0 Å². The lowest BCUT2D eigenvalue weighted by Crippen LogP contribution is -2.22. The molecule has 0 aliphatic rings. The van der Waals surface area contributed by atoms with E-state index in [2.05, 4.69) is 5.32 Å². The van der Waals surface area contributed by atoms with Crippen LogP contribution in [0.15, 0.2) is 36.4 Å². The predicted molar refractivity (Wildman–Crippen MR) is 125 cm³/mol. The first kappa shape index (κ1) is 25.9. The number of aliphatic hydroxyl groups excluding tert-OH is 1. The van der Waals surface area contributed by atoms with Gasteiger partial charge in [-0.25, -0.2) is 0 Å². The number of ether oxygens (including phenoxy) is 1. The smallest absolute Gasteiger partial charge is 0.305 e. The van der Waals surface area contributed by atoms with Crippen LogP contribution in [-0.4, -0.2) is 35.7 Å². The molecule has 0 spiro atoms. The fourth-order valence-corrected chi connectivity index (χ4v) is 3.60. The van der Waals surface area contributed by atoms with Crippen LogP contribution in [0.5, 0.6) is 0 Å². The molecular formula is C22H27Cl2N3O5. The summed E-state index contributed by atoms with van der Waals surface area (Å²) < 4.78 is 5.18. The standard InChI is InChI=1S/C22H27Cl2N3O5/c23-17-12-16(13-18(24)22(17)25)20(28)14-26-10-5-1-2-8-21(29)32-11-9-15-6-3-4-7-19(15)27(30)31/h3-4,6-7,12-13,20,26,28H,1-2,5,8-11,14,25H2. The first-order valence-corrected chi connectivity index (χ1v) is 11.1. The van der Waals surface area contributed by atoms with Crippen LogP contribution in [-0.2, 0) is 16.0 Å². The molecule has 0 radical (unpaired) electrons. The highest BCUT2D eigenvalue weighted by Crippen LogP contribution is 2.31. The van der Waals surface area contributed by atoms with E-state index in [-0.39, 0.29) is 24.0 Å². The lowest BCUT2D eigenvalue weighted by molar-refractivity contribution is -0.385. The quantitative estimate of drug-likeness (QED) is 0.126. The fraction of sp³-hybridized carbons (Fsp3) is 0.409.